The van der Waals surface area contributed by atoms with Gasteiger partial charge in [0.2, 0.25) is 0 Å². The third kappa shape index (κ3) is 2.01. The molecule has 0 N–H and O–H groups in total. The van der Waals surface area contributed by atoms with E-state index in [1.807, 2.05) is 0 Å². The summed E-state index contributed by atoms with van der Waals surface area (Å²) >= 11 is 0. The van der Waals surface area contributed by atoms with Crippen LogP contribution in [-0.4, -0.2) is 15.0 Å². The Balaban J connectivity index is 2.76. The van der Waals surface area contributed by atoms with Gasteiger partial charge in [-0.2, -0.15) is 18.4 Å². The normalized spacial score (nSPS) is 11.5. The fraction of sp³-hybridized carbons (Fsp3) is 0.200. The number of alkyl halides is 3. The van der Waals surface area contributed by atoms with Crippen LogP contribution in [0, 0.1) is 18.3 Å². The van der Waals surface area contributed by atoms with Crippen LogP contribution in [0.2, 0.25) is 0 Å². The second-order valence-corrected chi connectivity index (χ2v) is 3.30. The fourth-order valence-corrected chi connectivity index (χ4v) is 1.36. The highest BCUT2D eigenvalue weighted by atomic mass is 19.4. The van der Waals surface area contributed by atoms with Crippen LogP contribution in [-0.2, 0) is 6.18 Å². The molecule has 0 spiro atoms. The highest BCUT2D eigenvalue weighted by Gasteiger charge is 2.32. The lowest BCUT2D eigenvalue weighted by molar-refractivity contribution is -0.141. The minimum atomic E-state index is -4.53. The van der Waals surface area contributed by atoms with Crippen molar-refractivity contribution in [2.45, 2.75) is 13.1 Å². The van der Waals surface area contributed by atoms with Crippen molar-refractivity contribution in [3.05, 3.63) is 29.3 Å². The quantitative estimate of drug-likeness (QED) is 0.706. The van der Waals surface area contributed by atoms with Crippen molar-refractivity contribution < 1.29 is 13.2 Å². The Morgan fingerprint density at radius 3 is 2.47 bits per heavy atom. The molecule has 2 aromatic heterocycles. The smallest absolute Gasteiger partial charge is 0.223 e. The highest BCUT2D eigenvalue weighted by Crippen LogP contribution is 2.28. The molecule has 2 heterocycles. The summed E-state index contributed by atoms with van der Waals surface area (Å²) in [6, 6.07) is 3.76. The largest absolute Gasteiger partial charge is 0.433 e. The summed E-state index contributed by atoms with van der Waals surface area (Å²) in [6.07, 6.45) is -4.53. The zero-order chi connectivity index (χ0) is 12.6. The van der Waals surface area contributed by atoms with Crippen molar-refractivity contribution in [1.29, 1.82) is 5.26 Å². The number of hydrogen-bond donors (Lipinski definition) is 0. The first kappa shape index (κ1) is 11.3. The van der Waals surface area contributed by atoms with Crippen LogP contribution in [0.1, 0.15) is 17.2 Å². The number of nitriles is 1. The van der Waals surface area contributed by atoms with Gasteiger partial charge >= 0.3 is 6.18 Å². The number of nitrogens with zero attached hydrogens (tertiary/aromatic N) is 4. The van der Waals surface area contributed by atoms with E-state index >= 15 is 0 Å². The molecule has 0 atom stereocenters. The number of pyridine rings is 1. The Labute approximate surface area is 93.8 Å². The molecule has 0 radical (unpaired) electrons. The van der Waals surface area contributed by atoms with Gasteiger partial charge in [0.25, 0.3) is 0 Å². The second kappa shape index (κ2) is 3.66. The van der Waals surface area contributed by atoms with Gasteiger partial charge in [-0.15, -0.1) is 0 Å². The van der Waals surface area contributed by atoms with Crippen molar-refractivity contribution in [3.8, 4) is 6.07 Å². The van der Waals surface area contributed by atoms with Gasteiger partial charge in [-0.1, -0.05) is 0 Å². The Bertz CT molecular complexity index is 628. The Hall–Kier alpha value is -2.23. The summed E-state index contributed by atoms with van der Waals surface area (Å²) in [5, 5.41) is 9.01. The maximum atomic E-state index is 12.4. The van der Waals surface area contributed by atoms with E-state index in [1.54, 1.807) is 6.07 Å². The van der Waals surface area contributed by atoms with Crippen LogP contribution in [0.25, 0.3) is 11.0 Å². The molecule has 2 aromatic rings. The zero-order valence-corrected chi connectivity index (χ0v) is 8.58. The molecule has 17 heavy (non-hydrogen) atoms. The molecule has 86 valence electrons. The van der Waals surface area contributed by atoms with Gasteiger partial charge in [0, 0.05) is 0 Å². The van der Waals surface area contributed by atoms with Crippen molar-refractivity contribution in [1.82, 2.24) is 15.0 Å². The molecule has 0 saturated heterocycles. The van der Waals surface area contributed by atoms with Gasteiger partial charge in [-0.05, 0) is 19.1 Å². The molecule has 0 aromatic carbocycles. The van der Waals surface area contributed by atoms with Crippen LogP contribution < -0.4 is 0 Å². The maximum absolute atomic E-state index is 12.4. The molecule has 4 nitrogen and oxygen atoms in total. The number of hydrogen-bond acceptors (Lipinski definition) is 4. The molecule has 0 amide bonds. The van der Waals surface area contributed by atoms with Crippen molar-refractivity contribution >= 4 is 11.0 Å². The standard InChI is InChI=1S/C10H5F3N4/c1-5-15-7(4-14)6-2-3-8(10(11,12)13)17-9(6)16-5/h2-3H,1H3. The Morgan fingerprint density at radius 1 is 1.18 bits per heavy atom. The molecule has 2 rings (SSSR count). The SMILES string of the molecule is Cc1nc(C#N)c2ccc(C(F)(F)F)nc2n1. The van der Waals surface area contributed by atoms with E-state index < -0.39 is 11.9 Å². The maximum Gasteiger partial charge on any atom is 0.433 e. The number of halogens is 3. The summed E-state index contributed by atoms with van der Waals surface area (Å²) in [5.41, 5.74) is -1.13. The first-order chi connectivity index (χ1) is 7.91. The average Bonchev–Trinajstić information content (AvgIpc) is 2.25. The summed E-state index contributed by atoms with van der Waals surface area (Å²) in [4.78, 5) is 11.0. The molecular formula is C10H5F3N4. The van der Waals surface area contributed by atoms with Crippen LogP contribution in [0.15, 0.2) is 12.1 Å². The fourth-order valence-electron chi connectivity index (χ4n) is 1.36. The molecule has 0 unspecified atom stereocenters. The van der Waals surface area contributed by atoms with Gasteiger partial charge in [-0.25, -0.2) is 15.0 Å². The van der Waals surface area contributed by atoms with Gasteiger partial charge in [0.1, 0.15) is 17.6 Å². The monoisotopic (exact) mass is 238 g/mol. The van der Waals surface area contributed by atoms with Gasteiger partial charge in [0.05, 0.1) is 5.39 Å². The summed E-state index contributed by atoms with van der Waals surface area (Å²) in [5.74, 6) is 0.209. The van der Waals surface area contributed by atoms with Crippen LogP contribution in [0.3, 0.4) is 0 Å². The topological polar surface area (TPSA) is 62.5 Å². The number of aromatic nitrogens is 3. The lowest BCUT2D eigenvalue weighted by Gasteiger charge is -2.06. The van der Waals surface area contributed by atoms with Crippen molar-refractivity contribution in [2.75, 3.05) is 0 Å². The van der Waals surface area contributed by atoms with Gasteiger partial charge < -0.3 is 0 Å². The van der Waals surface area contributed by atoms with Crippen LogP contribution in [0.5, 0.6) is 0 Å². The van der Waals surface area contributed by atoms with E-state index in [1.165, 1.54) is 6.92 Å². The summed E-state index contributed by atoms with van der Waals surface area (Å²) in [7, 11) is 0. The predicted octanol–water partition coefficient (Wildman–Crippen LogP) is 2.22. The number of rotatable bonds is 0. The zero-order valence-electron chi connectivity index (χ0n) is 8.58. The average molecular weight is 238 g/mol. The number of fused-ring (bicyclic) bond motifs is 1. The van der Waals surface area contributed by atoms with Crippen molar-refractivity contribution in [2.24, 2.45) is 0 Å². The molecule has 0 aliphatic heterocycles. The first-order valence-electron chi connectivity index (χ1n) is 4.54. The minimum absolute atomic E-state index is 0.0220. The molecule has 0 fully saturated rings. The lowest BCUT2D eigenvalue weighted by Crippen LogP contribution is -2.09. The van der Waals surface area contributed by atoms with E-state index in [9.17, 15) is 13.2 Å². The molecule has 0 bridgehead atoms. The summed E-state index contributed by atoms with van der Waals surface area (Å²) < 4.78 is 37.3. The number of aryl methyl sites for hydroxylation is 1. The van der Waals surface area contributed by atoms with E-state index in [4.69, 9.17) is 5.26 Å². The first-order valence-corrected chi connectivity index (χ1v) is 4.54. The van der Waals surface area contributed by atoms with Crippen LogP contribution in [0.4, 0.5) is 13.2 Å². The van der Waals surface area contributed by atoms with Gasteiger partial charge in [-0.3, -0.25) is 0 Å². The van der Waals surface area contributed by atoms with E-state index in [2.05, 4.69) is 15.0 Å². The van der Waals surface area contributed by atoms with E-state index in [0.717, 1.165) is 12.1 Å². The van der Waals surface area contributed by atoms with Gasteiger partial charge in [0.15, 0.2) is 11.3 Å². The highest BCUT2D eigenvalue weighted by molar-refractivity contribution is 5.79. The molecular weight excluding hydrogens is 233 g/mol. The second-order valence-electron chi connectivity index (χ2n) is 3.30. The van der Waals surface area contributed by atoms with Crippen LogP contribution >= 0.6 is 0 Å². The molecule has 0 saturated carbocycles. The third-order valence-corrected chi connectivity index (χ3v) is 2.07. The minimum Gasteiger partial charge on any atom is -0.223 e. The predicted molar refractivity (Wildman–Crippen MR) is 51.8 cm³/mol. The molecule has 7 heteroatoms. The molecule has 0 aliphatic rings. The Morgan fingerprint density at radius 2 is 1.88 bits per heavy atom. The Kier molecular flexibility index (Phi) is 2.42. The van der Waals surface area contributed by atoms with E-state index in [0.29, 0.717) is 0 Å². The molecule has 0 aliphatic carbocycles. The van der Waals surface area contributed by atoms with Crippen molar-refractivity contribution in [3.63, 3.8) is 0 Å². The van der Waals surface area contributed by atoms with E-state index in [-0.39, 0.29) is 22.6 Å². The third-order valence-electron chi connectivity index (χ3n) is 2.07. The lowest BCUT2D eigenvalue weighted by atomic mass is 10.2. The summed E-state index contributed by atoms with van der Waals surface area (Å²) in [6.45, 7) is 1.49.